The highest BCUT2D eigenvalue weighted by atomic mass is 16.1. The predicted molar refractivity (Wildman–Crippen MR) is 100 cm³/mol. The molecule has 2 fully saturated rings. The molecule has 0 radical (unpaired) electrons. The van der Waals surface area contributed by atoms with Crippen molar-refractivity contribution in [2.75, 3.05) is 13.1 Å². The van der Waals surface area contributed by atoms with Gasteiger partial charge in [-0.15, -0.1) is 0 Å². The van der Waals surface area contributed by atoms with Gasteiger partial charge in [-0.3, -0.25) is 19.1 Å². The van der Waals surface area contributed by atoms with Crippen molar-refractivity contribution in [2.24, 2.45) is 13.0 Å². The summed E-state index contributed by atoms with van der Waals surface area (Å²) in [5.74, 6) is 1.05. The first-order valence-corrected chi connectivity index (χ1v) is 9.53. The average molecular weight is 354 g/mol. The Bertz CT molecular complexity index is 889. The van der Waals surface area contributed by atoms with Gasteiger partial charge in [-0.25, -0.2) is 4.98 Å². The van der Waals surface area contributed by atoms with Crippen molar-refractivity contribution in [1.29, 1.82) is 0 Å². The van der Waals surface area contributed by atoms with Crippen LogP contribution in [0, 0.1) is 5.92 Å². The third-order valence-electron chi connectivity index (χ3n) is 5.61. The average Bonchev–Trinajstić information content (AvgIpc) is 3.47. The number of aryl methyl sites for hydroxylation is 1. The van der Waals surface area contributed by atoms with Gasteiger partial charge < -0.3 is 4.57 Å². The van der Waals surface area contributed by atoms with E-state index in [1.165, 1.54) is 18.4 Å². The van der Waals surface area contributed by atoms with E-state index in [1.807, 2.05) is 12.3 Å². The van der Waals surface area contributed by atoms with Crippen LogP contribution in [0.3, 0.4) is 0 Å². The molecule has 0 unspecified atom stereocenters. The zero-order valence-electron chi connectivity index (χ0n) is 15.3. The summed E-state index contributed by atoms with van der Waals surface area (Å²) in [6.45, 7) is 3.69. The van der Waals surface area contributed by atoms with Crippen molar-refractivity contribution in [3.8, 4) is 0 Å². The lowest BCUT2D eigenvalue weighted by molar-refractivity contribution is 0.166. The number of hydrogen-bond donors (Lipinski definition) is 0. The highest BCUT2D eigenvalue weighted by molar-refractivity contribution is 5.12. The quantitative estimate of drug-likeness (QED) is 0.820. The third-order valence-corrected chi connectivity index (χ3v) is 5.61. The van der Waals surface area contributed by atoms with Crippen LogP contribution >= 0.6 is 0 Å². The Morgan fingerprint density at radius 3 is 2.50 bits per heavy atom. The van der Waals surface area contributed by atoms with Gasteiger partial charge in [0.1, 0.15) is 0 Å². The van der Waals surface area contributed by atoms with Crippen molar-refractivity contribution in [1.82, 2.24) is 19.0 Å². The molecule has 26 heavy (non-hydrogen) atoms. The summed E-state index contributed by atoms with van der Waals surface area (Å²) >= 11 is 0. The Kier molecular flexibility index (Phi) is 4.76. The lowest BCUT2D eigenvalue weighted by Crippen LogP contribution is -2.36. The second-order valence-corrected chi connectivity index (χ2v) is 7.78. The van der Waals surface area contributed by atoms with Crippen molar-refractivity contribution < 1.29 is 0 Å². The molecule has 138 valence electrons. The zero-order chi connectivity index (χ0) is 18.1. The fraction of sp³-hybridized carbons (Fsp3) is 0.550. The Balaban J connectivity index is 1.31. The maximum atomic E-state index is 12.3. The maximum Gasteiger partial charge on any atom is 0.253 e. The van der Waals surface area contributed by atoms with Crippen LogP contribution in [0.2, 0.25) is 0 Å². The van der Waals surface area contributed by atoms with E-state index in [1.54, 1.807) is 34.6 Å². The van der Waals surface area contributed by atoms with Crippen LogP contribution in [-0.2, 0) is 20.1 Å². The van der Waals surface area contributed by atoms with E-state index in [9.17, 15) is 9.59 Å². The van der Waals surface area contributed by atoms with Crippen molar-refractivity contribution in [2.45, 2.75) is 44.7 Å². The maximum absolute atomic E-state index is 12.3. The Hall–Kier alpha value is -2.21. The molecular formula is C20H26N4O2. The monoisotopic (exact) mass is 354 g/mol. The van der Waals surface area contributed by atoms with E-state index in [0.29, 0.717) is 11.8 Å². The molecule has 1 aliphatic carbocycles. The van der Waals surface area contributed by atoms with Crippen LogP contribution in [-0.4, -0.2) is 32.1 Å². The molecule has 1 saturated heterocycles. The summed E-state index contributed by atoms with van der Waals surface area (Å²) in [5.41, 5.74) is 2.26. The van der Waals surface area contributed by atoms with Gasteiger partial charge in [0.25, 0.3) is 5.56 Å². The molecule has 0 aromatic carbocycles. The minimum Gasteiger partial charge on any atom is -0.318 e. The second kappa shape index (κ2) is 7.19. The molecule has 1 aliphatic heterocycles. The summed E-state index contributed by atoms with van der Waals surface area (Å²) in [6.07, 6.45) is 8.17. The van der Waals surface area contributed by atoms with Gasteiger partial charge in [0.2, 0.25) is 5.56 Å². The summed E-state index contributed by atoms with van der Waals surface area (Å²) in [7, 11) is 1.79. The second-order valence-electron chi connectivity index (χ2n) is 7.78. The molecule has 0 N–H and O–H groups in total. The molecule has 0 bridgehead atoms. The summed E-state index contributed by atoms with van der Waals surface area (Å²) in [5, 5.41) is 0. The van der Waals surface area contributed by atoms with Crippen LogP contribution < -0.4 is 11.1 Å². The van der Waals surface area contributed by atoms with Gasteiger partial charge in [0, 0.05) is 44.4 Å². The van der Waals surface area contributed by atoms with E-state index < -0.39 is 0 Å². The molecule has 0 atom stereocenters. The molecule has 0 spiro atoms. The van der Waals surface area contributed by atoms with Crippen LogP contribution in [0.5, 0.6) is 0 Å². The van der Waals surface area contributed by atoms with Crippen LogP contribution in [0.4, 0.5) is 0 Å². The van der Waals surface area contributed by atoms with Gasteiger partial charge in [-0.05, 0) is 50.3 Å². The first-order valence-electron chi connectivity index (χ1n) is 9.53. The zero-order valence-corrected chi connectivity index (χ0v) is 15.3. The number of piperidine rings is 1. The summed E-state index contributed by atoms with van der Waals surface area (Å²) in [4.78, 5) is 30.7. The molecule has 6 nitrogen and oxygen atoms in total. The van der Waals surface area contributed by atoms with Crippen LogP contribution in [0.1, 0.15) is 42.9 Å². The fourth-order valence-electron chi connectivity index (χ4n) is 3.79. The smallest absolute Gasteiger partial charge is 0.253 e. The standard InChI is InChI=1S/C20H26N4O2/c1-22-11-16(2-5-19(22)25)12-23-8-6-15(7-9-23)13-24-14-21-18(10-20(24)26)17-3-4-17/h2,5,10-11,14-15,17H,3-4,6-9,12-13H2,1H3. The number of rotatable bonds is 5. The molecule has 4 rings (SSSR count). The Morgan fingerprint density at radius 2 is 1.85 bits per heavy atom. The van der Waals surface area contributed by atoms with Gasteiger partial charge in [-0.1, -0.05) is 6.07 Å². The van der Waals surface area contributed by atoms with E-state index in [2.05, 4.69) is 9.88 Å². The number of hydrogen-bond acceptors (Lipinski definition) is 4. The Morgan fingerprint density at radius 1 is 1.08 bits per heavy atom. The largest absolute Gasteiger partial charge is 0.318 e. The van der Waals surface area contributed by atoms with Gasteiger partial charge in [-0.2, -0.15) is 0 Å². The van der Waals surface area contributed by atoms with Crippen LogP contribution in [0.15, 0.2) is 40.3 Å². The predicted octanol–water partition coefficient (Wildman–Crippen LogP) is 1.73. The first kappa shape index (κ1) is 17.2. The molecule has 6 heteroatoms. The number of likely N-dealkylation sites (tertiary alicyclic amines) is 1. The lowest BCUT2D eigenvalue weighted by Gasteiger charge is -2.32. The van der Waals surface area contributed by atoms with Gasteiger partial charge in [0.05, 0.1) is 12.0 Å². The van der Waals surface area contributed by atoms with Crippen LogP contribution in [0.25, 0.3) is 0 Å². The van der Waals surface area contributed by atoms with Crippen molar-refractivity contribution in [3.63, 3.8) is 0 Å². The number of pyridine rings is 1. The van der Waals surface area contributed by atoms with E-state index in [4.69, 9.17) is 0 Å². The number of nitrogens with zero attached hydrogens (tertiary/aromatic N) is 4. The van der Waals surface area contributed by atoms with Gasteiger partial charge in [0.15, 0.2) is 0 Å². The minimum absolute atomic E-state index is 0.0270. The van der Waals surface area contributed by atoms with E-state index >= 15 is 0 Å². The minimum atomic E-state index is 0.0270. The summed E-state index contributed by atoms with van der Waals surface area (Å²) in [6, 6.07) is 5.28. The molecular weight excluding hydrogens is 328 g/mol. The van der Waals surface area contributed by atoms with E-state index in [0.717, 1.165) is 44.7 Å². The van der Waals surface area contributed by atoms with Gasteiger partial charge >= 0.3 is 0 Å². The Labute approximate surface area is 153 Å². The fourth-order valence-corrected chi connectivity index (χ4v) is 3.79. The molecule has 2 aliphatic rings. The van der Waals surface area contributed by atoms with Crippen molar-refractivity contribution >= 4 is 0 Å². The highest BCUT2D eigenvalue weighted by Crippen LogP contribution is 2.38. The molecule has 2 aromatic heterocycles. The summed E-state index contributed by atoms with van der Waals surface area (Å²) < 4.78 is 3.41. The topological polar surface area (TPSA) is 60.1 Å². The van der Waals surface area contributed by atoms with E-state index in [-0.39, 0.29) is 11.1 Å². The highest BCUT2D eigenvalue weighted by Gasteiger charge is 2.26. The third kappa shape index (κ3) is 3.96. The lowest BCUT2D eigenvalue weighted by atomic mass is 9.96. The number of aromatic nitrogens is 3. The molecule has 3 heterocycles. The molecule has 1 saturated carbocycles. The SMILES string of the molecule is Cn1cc(CN2CCC(Cn3cnc(C4CC4)cc3=O)CC2)ccc1=O. The first-order chi connectivity index (χ1) is 12.6. The van der Waals surface area contributed by atoms with Crippen molar-refractivity contribution in [3.05, 3.63) is 62.7 Å². The molecule has 2 aromatic rings. The normalized spacial score (nSPS) is 19.0. The molecule has 0 amide bonds.